The zero-order valence-electron chi connectivity index (χ0n) is 14.9. The first-order chi connectivity index (χ1) is 12.8. The van der Waals surface area contributed by atoms with Crippen molar-refractivity contribution in [1.29, 1.82) is 0 Å². The molecule has 0 radical (unpaired) electrons. The first-order valence-corrected chi connectivity index (χ1v) is 9.20. The lowest BCUT2D eigenvalue weighted by Gasteiger charge is -2.37. The summed E-state index contributed by atoms with van der Waals surface area (Å²) in [5.74, 6) is 0.860. The molecule has 0 saturated carbocycles. The number of anilines is 2. The fourth-order valence-electron chi connectivity index (χ4n) is 3.57. The zero-order valence-corrected chi connectivity index (χ0v) is 14.9. The van der Waals surface area contributed by atoms with Crippen LogP contribution in [0.3, 0.4) is 0 Å². The molecule has 0 N–H and O–H groups in total. The summed E-state index contributed by atoms with van der Waals surface area (Å²) >= 11 is 0. The predicted molar refractivity (Wildman–Crippen MR) is 102 cm³/mol. The van der Waals surface area contributed by atoms with Gasteiger partial charge in [0, 0.05) is 51.2 Å². The van der Waals surface area contributed by atoms with E-state index >= 15 is 0 Å². The van der Waals surface area contributed by atoms with Crippen molar-refractivity contribution in [3.05, 3.63) is 54.2 Å². The molecule has 1 aromatic carbocycles. The molecular formula is C20H24N4O2. The highest BCUT2D eigenvalue weighted by molar-refractivity contribution is 5.99. The number of carbonyl (C=O) groups excluding carboxylic acids is 1. The average molecular weight is 352 g/mol. The van der Waals surface area contributed by atoms with Crippen LogP contribution >= 0.6 is 0 Å². The van der Waals surface area contributed by atoms with E-state index < -0.39 is 0 Å². The van der Waals surface area contributed by atoms with E-state index in [0.29, 0.717) is 18.8 Å². The van der Waals surface area contributed by atoms with E-state index in [4.69, 9.17) is 4.74 Å². The molecular weight excluding hydrogens is 328 g/mol. The van der Waals surface area contributed by atoms with Gasteiger partial charge in [-0.05, 0) is 24.3 Å². The summed E-state index contributed by atoms with van der Waals surface area (Å²) in [7, 11) is 0. The van der Waals surface area contributed by atoms with Crippen molar-refractivity contribution >= 4 is 17.4 Å². The third-order valence-electron chi connectivity index (χ3n) is 5.02. The van der Waals surface area contributed by atoms with Crippen molar-refractivity contribution in [3.63, 3.8) is 0 Å². The molecule has 4 rings (SSSR count). The molecule has 0 unspecified atom stereocenters. The maximum atomic E-state index is 13.1. The van der Waals surface area contributed by atoms with Gasteiger partial charge in [0.05, 0.1) is 18.8 Å². The Hall–Kier alpha value is -2.60. The van der Waals surface area contributed by atoms with Crippen molar-refractivity contribution < 1.29 is 9.53 Å². The van der Waals surface area contributed by atoms with E-state index in [1.54, 1.807) is 6.20 Å². The van der Waals surface area contributed by atoms with Crippen LogP contribution in [0.2, 0.25) is 0 Å². The summed E-state index contributed by atoms with van der Waals surface area (Å²) in [6.07, 6.45) is 1.76. The van der Waals surface area contributed by atoms with Crippen molar-refractivity contribution in [3.8, 4) is 0 Å². The van der Waals surface area contributed by atoms with Gasteiger partial charge in [-0.3, -0.25) is 4.79 Å². The minimum absolute atomic E-state index is 0.0762. The van der Waals surface area contributed by atoms with E-state index in [9.17, 15) is 4.79 Å². The van der Waals surface area contributed by atoms with Crippen LogP contribution in [0.4, 0.5) is 11.5 Å². The third-order valence-corrected chi connectivity index (χ3v) is 5.02. The van der Waals surface area contributed by atoms with Gasteiger partial charge in [-0.15, -0.1) is 0 Å². The summed E-state index contributed by atoms with van der Waals surface area (Å²) in [6, 6.07) is 14.1. The fourth-order valence-corrected chi connectivity index (χ4v) is 3.57. The van der Waals surface area contributed by atoms with Gasteiger partial charge < -0.3 is 19.4 Å². The van der Waals surface area contributed by atoms with Gasteiger partial charge in [0.15, 0.2) is 0 Å². The SMILES string of the molecule is O=C(c1cccnc1N1CCOCC1)N1CCN(c2ccccc2)CC1. The first kappa shape index (κ1) is 16.8. The van der Waals surface area contributed by atoms with E-state index in [1.165, 1.54) is 5.69 Å². The Morgan fingerprint density at radius 3 is 2.31 bits per heavy atom. The molecule has 0 atom stereocenters. The van der Waals surface area contributed by atoms with Crippen molar-refractivity contribution in [2.75, 3.05) is 62.3 Å². The topological polar surface area (TPSA) is 48.9 Å². The number of hydrogen-bond donors (Lipinski definition) is 0. The van der Waals surface area contributed by atoms with Gasteiger partial charge in [0.2, 0.25) is 0 Å². The smallest absolute Gasteiger partial charge is 0.257 e. The zero-order chi connectivity index (χ0) is 17.8. The highest BCUT2D eigenvalue weighted by Gasteiger charge is 2.26. The van der Waals surface area contributed by atoms with Gasteiger partial charge in [0.1, 0.15) is 5.82 Å². The molecule has 2 saturated heterocycles. The highest BCUT2D eigenvalue weighted by Crippen LogP contribution is 2.22. The van der Waals surface area contributed by atoms with Gasteiger partial charge in [-0.2, -0.15) is 0 Å². The molecule has 3 heterocycles. The van der Waals surface area contributed by atoms with E-state index in [2.05, 4.69) is 39.0 Å². The minimum Gasteiger partial charge on any atom is -0.378 e. The Morgan fingerprint density at radius 2 is 1.58 bits per heavy atom. The summed E-state index contributed by atoms with van der Waals surface area (Å²) in [5, 5.41) is 0. The lowest BCUT2D eigenvalue weighted by atomic mass is 10.1. The molecule has 2 aromatic rings. The molecule has 1 aromatic heterocycles. The van der Waals surface area contributed by atoms with Crippen LogP contribution < -0.4 is 9.80 Å². The molecule has 2 fully saturated rings. The number of ether oxygens (including phenoxy) is 1. The van der Waals surface area contributed by atoms with Crippen molar-refractivity contribution in [2.45, 2.75) is 0 Å². The third kappa shape index (κ3) is 3.51. The molecule has 2 aliphatic rings. The van der Waals surface area contributed by atoms with Gasteiger partial charge in [-0.1, -0.05) is 18.2 Å². The number of nitrogens with zero attached hydrogens (tertiary/aromatic N) is 4. The van der Waals surface area contributed by atoms with E-state index in [0.717, 1.165) is 45.1 Å². The summed E-state index contributed by atoms with van der Waals surface area (Å²) in [4.78, 5) is 24.0. The Balaban J connectivity index is 1.46. The lowest BCUT2D eigenvalue weighted by Crippen LogP contribution is -2.49. The lowest BCUT2D eigenvalue weighted by molar-refractivity contribution is 0.0745. The van der Waals surface area contributed by atoms with Crippen LogP contribution in [0.25, 0.3) is 0 Å². The number of morpholine rings is 1. The maximum absolute atomic E-state index is 13.1. The Bertz CT molecular complexity index is 738. The molecule has 0 aliphatic carbocycles. The number of piperazine rings is 1. The molecule has 136 valence electrons. The van der Waals surface area contributed by atoms with E-state index in [1.807, 2.05) is 23.1 Å². The average Bonchev–Trinajstić information content (AvgIpc) is 2.75. The largest absolute Gasteiger partial charge is 0.378 e. The number of pyridine rings is 1. The summed E-state index contributed by atoms with van der Waals surface area (Å²) in [5.41, 5.74) is 1.91. The Labute approximate surface area is 154 Å². The number of carbonyl (C=O) groups is 1. The number of benzene rings is 1. The molecule has 2 aliphatic heterocycles. The van der Waals surface area contributed by atoms with Crippen molar-refractivity contribution in [2.24, 2.45) is 0 Å². The molecule has 1 amide bonds. The summed E-state index contributed by atoms with van der Waals surface area (Å²) < 4.78 is 5.42. The monoisotopic (exact) mass is 352 g/mol. The van der Waals surface area contributed by atoms with Crippen LogP contribution in [0, 0.1) is 0 Å². The van der Waals surface area contributed by atoms with Crippen LogP contribution in [0.1, 0.15) is 10.4 Å². The van der Waals surface area contributed by atoms with Gasteiger partial charge >= 0.3 is 0 Å². The summed E-state index contributed by atoms with van der Waals surface area (Å²) in [6.45, 7) is 6.07. The quantitative estimate of drug-likeness (QED) is 0.844. The molecule has 0 spiro atoms. The maximum Gasteiger partial charge on any atom is 0.257 e. The Kier molecular flexibility index (Phi) is 5.02. The number of amides is 1. The number of aromatic nitrogens is 1. The number of para-hydroxylation sites is 1. The van der Waals surface area contributed by atoms with Crippen LogP contribution in [-0.2, 0) is 4.74 Å². The van der Waals surface area contributed by atoms with Crippen LogP contribution in [0.15, 0.2) is 48.7 Å². The predicted octanol–water partition coefficient (Wildman–Crippen LogP) is 1.88. The highest BCUT2D eigenvalue weighted by atomic mass is 16.5. The van der Waals surface area contributed by atoms with Crippen LogP contribution in [0.5, 0.6) is 0 Å². The molecule has 6 nitrogen and oxygen atoms in total. The van der Waals surface area contributed by atoms with Crippen LogP contribution in [-0.4, -0.2) is 68.3 Å². The second-order valence-electron chi connectivity index (χ2n) is 6.59. The normalized spacial score (nSPS) is 18.1. The Morgan fingerprint density at radius 1 is 0.846 bits per heavy atom. The molecule has 0 bridgehead atoms. The van der Waals surface area contributed by atoms with E-state index in [-0.39, 0.29) is 5.91 Å². The standard InChI is InChI=1S/C20H24N4O2/c25-20(18-7-4-8-21-19(18)23-13-15-26-16-14-23)24-11-9-22(10-12-24)17-5-2-1-3-6-17/h1-8H,9-16H2. The number of hydrogen-bond acceptors (Lipinski definition) is 5. The van der Waals surface area contributed by atoms with Gasteiger partial charge in [-0.25, -0.2) is 4.98 Å². The van der Waals surface area contributed by atoms with Gasteiger partial charge in [0.25, 0.3) is 5.91 Å². The number of rotatable bonds is 3. The molecule has 26 heavy (non-hydrogen) atoms. The molecule has 6 heteroatoms. The fraction of sp³-hybridized carbons (Fsp3) is 0.400. The van der Waals surface area contributed by atoms with Crippen molar-refractivity contribution in [1.82, 2.24) is 9.88 Å². The second-order valence-corrected chi connectivity index (χ2v) is 6.59. The first-order valence-electron chi connectivity index (χ1n) is 9.20. The minimum atomic E-state index is 0.0762. The second kappa shape index (κ2) is 7.74.